The standard InChI is InChI=1S/C31H31ClFN5O3/c32-23-7-9-24(10-8-23)36-30(41)38-18-25(39)16-28(38)29(40)37-27-15-22(6-11-26(27)33)31(35,13-12-19-4-5-19)21-3-1-2-20(14-21)17-34/h1-3,6-11,14-15,19,25,28,39H,4-5,12-13,16,18,35H2,(H,36,41)(H,37,40)/t25-,28-,31?/m1/s1. The lowest BCUT2D eigenvalue weighted by molar-refractivity contribution is -0.119. The summed E-state index contributed by atoms with van der Waals surface area (Å²) >= 11 is 5.91. The number of nitrogens with zero attached hydrogens (tertiary/aromatic N) is 2. The molecule has 0 radical (unpaired) electrons. The van der Waals surface area contributed by atoms with Crippen LogP contribution in [0.15, 0.2) is 66.7 Å². The molecular formula is C31H31ClFN5O3. The van der Waals surface area contributed by atoms with Crippen molar-refractivity contribution in [2.75, 3.05) is 17.2 Å². The third-order valence-corrected chi connectivity index (χ3v) is 8.08. The summed E-state index contributed by atoms with van der Waals surface area (Å²) in [7, 11) is 0. The zero-order chi connectivity index (χ0) is 29.1. The molecule has 1 unspecified atom stereocenters. The van der Waals surface area contributed by atoms with Gasteiger partial charge in [-0.25, -0.2) is 9.18 Å². The van der Waals surface area contributed by atoms with Crippen molar-refractivity contribution in [1.29, 1.82) is 5.26 Å². The number of aliphatic hydroxyl groups excluding tert-OH is 1. The average Bonchev–Trinajstić information content (AvgIpc) is 3.72. The highest BCUT2D eigenvalue weighted by atomic mass is 35.5. The predicted octanol–water partition coefficient (Wildman–Crippen LogP) is 5.35. The molecule has 1 saturated carbocycles. The van der Waals surface area contributed by atoms with E-state index in [4.69, 9.17) is 17.3 Å². The first-order chi connectivity index (χ1) is 19.7. The Kier molecular flexibility index (Phi) is 8.27. The van der Waals surface area contributed by atoms with Gasteiger partial charge in [-0.05, 0) is 78.4 Å². The quantitative estimate of drug-likeness (QED) is 0.287. The van der Waals surface area contributed by atoms with Gasteiger partial charge < -0.3 is 26.4 Å². The van der Waals surface area contributed by atoms with Crippen LogP contribution in [0.1, 0.15) is 48.8 Å². The first-order valence-corrected chi connectivity index (χ1v) is 14.0. The topological polar surface area (TPSA) is 131 Å². The molecular weight excluding hydrogens is 545 g/mol. The number of rotatable bonds is 8. The summed E-state index contributed by atoms with van der Waals surface area (Å²) in [6, 6.07) is 18.5. The molecule has 1 aliphatic carbocycles. The van der Waals surface area contributed by atoms with E-state index in [1.807, 2.05) is 6.07 Å². The van der Waals surface area contributed by atoms with E-state index in [-0.39, 0.29) is 18.7 Å². The van der Waals surface area contributed by atoms with Gasteiger partial charge in [0.15, 0.2) is 0 Å². The van der Waals surface area contributed by atoms with Gasteiger partial charge in [-0.2, -0.15) is 5.26 Å². The van der Waals surface area contributed by atoms with E-state index in [2.05, 4.69) is 16.7 Å². The van der Waals surface area contributed by atoms with Gasteiger partial charge in [0.05, 0.1) is 29.0 Å². The van der Waals surface area contributed by atoms with E-state index in [0.717, 1.165) is 24.8 Å². The van der Waals surface area contributed by atoms with Crippen LogP contribution in [0.5, 0.6) is 0 Å². The fourth-order valence-corrected chi connectivity index (χ4v) is 5.42. The maximum absolute atomic E-state index is 15.1. The SMILES string of the molecule is N#Cc1cccc(C(N)(CCC2CC2)c2ccc(F)c(NC(=O)[C@H]3C[C@@H](O)CN3C(=O)Nc3ccc(Cl)cc3)c2)c1. The maximum atomic E-state index is 15.1. The number of nitrogens with two attached hydrogens (primary N) is 1. The molecule has 1 heterocycles. The van der Waals surface area contributed by atoms with Gasteiger partial charge >= 0.3 is 6.03 Å². The predicted molar refractivity (Wildman–Crippen MR) is 155 cm³/mol. The molecule has 10 heteroatoms. The van der Waals surface area contributed by atoms with Crippen molar-refractivity contribution in [3.8, 4) is 6.07 Å². The van der Waals surface area contributed by atoms with Gasteiger partial charge in [0.25, 0.3) is 0 Å². The Bertz CT molecular complexity index is 1490. The highest BCUT2D eigenvalue weighted by molar-refractivity contribution is 6.30. The van der Waals surface area contributed by atoms with Crippen LogP contribution < -0.4 is 16.4 Å². The number of anilines is 2. The number of aliphatic hydroxyl groups is 1. The molecule has 212 valence electrons. The van der Waals surface area contributed by atoms with E-state index in [0.29, 0.717) is 34.2 Å². The molecule has 1 saturated heterocycles. The molecule has 5 N–H and O–H groups in total. The summed E-state index contributed by atoms with van der Waals surface area (Å²) in [6.07, 6.45) is 2.85. The third kappa shape index (κ3) is 6.51. The zero-order valence-corrected chi connectivity index (χ0v) is 23.1. The van der Waals surface area contributed by atoms with E-state index < -0.39 is 35.4 Å². The number of halogens is 2. The van der Waals surface area contributed by atoms with Gasteiger partial charge in [-0.3, -0.25) is 4.79 Å². The number of nitrogens with one attached hydrogen (secondary N) is 2. The lowest BCUT2D eigenvalue weighted by Crippen LogP contribution is -2.45. The molecule has 2 aliphatic rings. The van der Waals surface area contributed by atoms with Crippen molar-refractivity contribution in [1.82, 2.24) is 4.90 Å². The highest BCUT2D eigenvalue weighted by Crippen LogP contribution is 2.40. The Balaban J connectivity index is 1.38. The summed E-state index contributed by atoms with van der Waals surface area (Å²) in [5.74, 6) is -0.695. The van der Waals surface area contributed by atoms with Crippen LogP contribution >= 0.6 is 11.6 Å². The Morgan fingerprint density at radius 1 is 1.10 bits per heavy atom. The third-order valence-electron chi connectivity index (χ3n) is 7.83. The molecule has 3 aromatic carbocycles. The number of urea groups is 1. The van der Waals surface area contributed by atoms with Gasteiger partial charge in [-0.15, -0.1) is 0 Å². The van der Waals surface area contributed by atoms with Crippen LogP contribution in [0.3, 0.4) is 0 Å². The minimum Gasteiger partial charge on any atom is -0.391 e. The summed E-state index contributed by atoms with van der Waals surface area (Å²) in [5, 5.41) is 25.6. The number of β-amino-alcohol motifs (C(OH)–C–C–N with tert-alkyl or cyclic N) is 1. The molecule has 5 rings (SSSR count). The summed E-state index contributed by atoms with van der Waals surface area (Å²) in [5.41, 5.74) is 8.20. The largest absolute Gasteiger partial charge is 0.391 e. The average molecular weight is 576 g/mol. The van der Waals surface area contributed by atoms with Crippen molar-refractivity contribution < 1.29 is 19.1 Å². The van der Waals surface area contributed by atoms with E-state index >= 15 is 4.39 Å². The minimum absolute atomic E-state index is 0.00431. The van der Waals surface area contributed by atoms with Crippen molar-refractivity contribution in [2.24, 2.45) is 11.7 Å². The van der Waals surface area contributed by atoms with Gasteiger partial charge in [0.1, 0.15) is 11.9 Å². The second-order valence-electron chi connectivity index (χ2n) is 10.8. The monoisotopic (exact) mass is 575 g/mol. The maximum Gasteiger partial charge on any atom is 0.322 e. The molecule has 8 nitrogen and oxygen atoms in total. The van der Waals surface area contributed by atoms with Crippen LogP contribution in [-0.4, -0.2) is 40.6 Å². The number of amides is 3. The molecule has 1 aliphatic heterocycles. The molecule has 3 aromatic rings. The summed E-state index contributed by atoms with van der Waals surface area (Å²) in [6.45, 7) is -0.0532. The van der Waals surface area contributed by atoms with E-state index in [1.165, 1.54) is 17.0 Å². The number of hydrogen-bond donors (Lipinski definition) is 4. The first-order valence-electron chi connectivity index (χ1n) is 13.6. The normalized spacial score (nSPS) is 19.7. The molecule has 0 bridgehead atoms. The van der Waals surface area contributed by atoms with E-state index in [9.17, 15) is 20.0 Å². The second kappa shape index (κ2) is 11.9. The van der Waals surface area contributed by atoms with Crippen LogP contribution in [0.2, 0.25) is 5.02 Å². The van der Waals surface area contributed by atoms with Gasteiger partial charge in [0, 0.05) is 23.7 Å². The van der Waals surface area contributed by atoms with Crippen molar-refractivity contribution >= 4 is 34.9 Å². The van der Waals surface area contributed by atoms with Crippen molar-refractivity contribution in [3.05, 3.63) is 94.3 Å². The highest BCUT2D eigenvalue weighted by Gasteiger charge is 2.40. The van der Waals surface area contributed by atoms with Crippen molar-refractivity contribution in [3.63, 3.8) is 0 Å². The number of hydrogen-bond acceptors (Lipinski definition) is 5. The minimum atomic E-state index is -1.02. The Morgan fingerprint density at radius 2 is 1.83 bits per heavy atom. The fraction of sp³-hybridized carbons (Fsp3) is 0.323. The molecule has 0 spiro atoms. The Hall–Kier alpha value is -3.97. The van der Waals surface area contributed by atoms with Crippen molar-refractivity contribution in [2.45, 2.75) is 49.8 Å². The summed E-state index contributed by atoms with van der Waals surface area (Å²) in [4.78, 5) is 27.6. The Labute approximate surface area is 242 Å². The van der Waals surface area contributed by atoms with Crippen LogP contribution in [0, 0.1) is 23.1 Å². The fourth-order valence-electron chi connectivity index (χ4n) is 5.29. The van der Waals surface area contributed by atoms with Gasteiger partial charge in [0.2, 0.25) is 5.91 Å². The zero-order valence-electron chi connectivity index (χ0n) is 22.3. The number of carbonyl (C=O) groups excluding carboxylic acids is 2. The molecule has 41 heavy (non-hydrogen) atoms. The Morgan fingerprint density at radius 3 is 2.54 bits per heavy atom. The van der Waals surface area contributed by atoms with Crippen LogP contribution in [-0.2, 0) is 10.3 Å². The molecule has 0 aromatic heterocycles. The number of nitriles is 1. The van der Waals surface area contributed by atoms with Crippen LogP contribution in [0.4, 0.5) is 20.6 Å². The molecule has 3 amide bonds. The first kappa shape index (κ1) is 28.6. The molecule has 3 atom stereocenters. The number of likely N-dealkylation sites (tertiary alicyclic amines) is 1. The van der Waals surface area contributed by atoms with E-state index in [1.54, 1.807) is 48.5 Å². The lowest BCUT2D eigenvalue weighted by atomic mass is 9.79. The second-order valence-corrected chi connectivity index (χ2v) is 11.3. The number of carbonyl (C=O) groups is 2. The van der Waals surface area contributed by atoms with Crippen LogP contribution in [0.25, 0.3) is 0 Å². The number of benzene rings is 3. The van der Waals surface area contributed by atoms with Gasteiger partial charge in [-0.1, -0.05) is 42.6 Å². The smallest absolute Gasteiger partial charge is 0.322 e. The summed E-state index contributed by atoms with van der Waals surface area (Å²) < 4.78 is 15.1. The lowest BCUT2D eigenvalue weighted by Gasteiger charge is -2.32. The molecule has 2 fully saturated rings.